The lowest BCUT2D eigenvalue weighted by atomic mass is 10.2. The van der Waals surface area contributed by atoms with Crippen LogP contribution < -0.4 is 14.9 Å². The number of hydrogen-bond donors (Lipinski definition) is 1. The van der Waals surface area contributed by atoms with Gasteiger partial charge in [0.25, 0.3) is 11.6 Å². The second-order valence-corrected chi connectivity index (χ2v) is 7.71. The predicted octanol–water partition coefficient (Wildman–Crippen LogP) is 4.76. The molecule has 33 heavy (non-hydrogen) atoms. The molecule has 3 aromatic carbocycles. The van der Waals surface area contributed by atoms with Crippen LogP contribution in [0.4, 0.5) is 5.69 Å². The zero-order valence-electron chi connectivity index (χ0n) is 16.7. The summed E-state index contributed by atoms with van der Waals surface area (Å²) in [6, 6.07) is 16.7. The molecule has 0 aromatic heterocycles. The van der Waals surface area contributed by atoms with Gasteiger partial charge in [-0.05, 0) is 42.5 Å². The highest BCUT2D eigenvalue weighted by atomic mass is 79.9. The zero-order valence-corrected chi connectivity index (χ0v) is 19.1. The van der Waals surface area contributed by atoms with Gasteiger partial charge in [-0.25, -0.2) is 10.2 Å². The molecule has 0 unspecified atom stereocenters. The van der Waals surface area contributed by atoms with Gasteiger partial charge in [0.15, 0.2) is 6.61 Å². The van der Waals surface area contributed by atoms with Gasteiger partial charge >= 0.3 is 5.97 Å². The largest absolute Gasteiger partial charge is 0.484 e. The van der Waals surface area contributed by atoms with Crippen LogP contribution in [-0.4, -0.2) is 29.6 Å². The zero-order chi connectivity index (χ0) is 23.8. The van der Waals surface area contributed by atoms with Crippen molar-refractivity contribution < 1.29 is 24.0 Å². The lowest BCUT2D eigenvalue weighted by molar-refractivity contribution is -0.384. The van der Waals surface area contributed by atoms with Crippen LogP contribution in [0.5, 0.6) is 11.5 Å². The number of esters is 1. The van der Waals surface area contributed by atoms with Gasteiger partial charge in [0.2, 0.25) is 0 Å². The molecule has 0 radical (unpaired) electrons. The number of rotatable bonds is 8. The summed E-state index contributed by atoms with van der Waals surface area (Å²) in [7, 11) is 0. The number of benzene rings is 3. The van der Waals surface area contributed by atoms with E-state index in [-0.39, 0.29) is 28.6 Å². The molecule has 0 saturated carbocycles. The highest BCUT2D eigenvalue weighted by Gasteiger charge is 2.14. The Bertz CT molecular complexity index is 1220. The maximum atomic E-state index is 12.4. The molecular formula is C22H15BrClN3O6. The van der Waals surface area contributed by atoms with E-state index in [1.54, 1.807) is 42.5 Å². The maximum absolute atomic E-state index is 12.4. The van der Waals surface area contributed by atoms with E-state index < -0.39 is 16.8 Å². The average molecular weight is 533 g/mol. The van der Waals surface area contributed by atoms with Crippen molar-refractivity contribution in [3.05, 3.63) is 97.5 Å². The van der Waals surface area contributed by atoms with Crippen molar-refractivity contribution in [3.8, 4) is 11.5 Å². The number of carbonyl (C=O) groups is 2. The molecule has 9 nitrogen and oxygen atoms in total. The summed E-state index contributed by atoms with van der Waals surface area (Å²) >= 11 is 9.37. The molecule has 168 valence electrons. The van der Waals surface area contributed by atoms with Gasteiger partial charge in [0.1, 0.15) is 11.5 Å². The molecule has 0 saturated heterocycles. The van der Waals surface area contributed by atoms with Crippen LogP contribution in [0.2, 0.25) is 5.02 Å². The third-order valence-corrected chi connectivity index (χ3v) is 4.90. The molecule has 0 bridgehead atoms. The molecule has 1 N–H and O–H groups in total. The van der Waals surface area contributed by atoms with E-state index in [1.807, 2.05) is 0 Å². The van der Waals surface area contributed by atoms with Crippen molar-refractivity contribution in [2.45, 2.75) is 0 Å². The van der Waals surface area contributed by atoms with Gasteiger partial charge in [-0.1, -0.05) is 39.7 Å². The normalized spacial score (nSPS) is 10.6. The van der Waals surface area contributed by atoms with E-state index in [0.717, 1.165) is 0 Å². The third kappa shape index (κ3) is 6.86. The predicted molar refractivity (Wildman–Crippen MR) is 125 cm³/mol. The van der Waals surface area contributed by atoms with Crippen molar-refractivity contribution in [1.82, 2.24) is 5.43 Å². The Morgan fingerprint density at radius 1 is 1.12 bits per heavy atom. The molecule has 0 atom stereocenters. The highest BCUT2D eigenvalue weighted by molar-refractivity contribution is 9.10. The monoisotopic (exact) mass is 531 g/mol. The van der Waals surface area contributed by atoms with E-state index >= 15 is 0 Å². The van der Waals surface area contributed by atoms with Crippen LogP contribution in [0, 0.1) is 10.1 Å². The molecule has 0 aliphatic rings. The summed E-state index contributed by atoms with van der Waals surface area (Å²) in [5.41, 5.74) is 2.83. The van der Waals surface area contributed by atoms with Crippen molar-refractivity contribution in [2.24, 2.45) is 5.10 Å². The van der Waals surface area contributed by atoms with Crippen LogP contribution in [0.25, 0.3) is 0 Å². The molecule has 3 aromatic rings. The minimum absolute atomic E-state index is 0.0866. The second kappa shape index (κ2) is 11.2. The quantitative estimate of drug-likeness (QED) is 0.147. The fourth-order valence-corrected chi connectivity index (χ4v) is 3.11. The van der Waals surface area contributed by atoms with E-state index in [0.29, 0.717) is 15.8 Å². The highest BCUT2D eigenvalue weighted by Crippen LogP contribution is 2.24. The number of hydrogen-bond acceptors (Lipinski definition) is 7. The van der Waals surface area contributed by atoms with Crippen LogP contribution >= 0.6 is 27.5 Å². The molecule has 0 aliphatic heterocycles. The molecule has 3 rings (SSSR count). The van der Waals surface area contributed by atoms with E-state index in [4.69, 9.17) is 21.1 Å². The van der Waals surface area contributed by atoms with Crippen LogP contribution in [0.1, 0.15) is 15.9 Å². The second-order valence-electron chi connectivity index (χ2n) is 6.38. The van der Waals surface area contributed by atoms with Crippen LogP contribution in [0.15, 0.2) is 76.3 Å². The Hall–Kier alpha value is -3.76. The molecule has 0 fully saturated rings. The Balaban J connectivity index is 1.60. The Kier molecular flexibility index (Phi) is 8.11. The summed E-state index contributed by atoms with van der Waals surface area (Å²) in [5.74, 6) is -0.698. The lowest BCUT2D eigenvalue weighted by Gasteiger charge is -2.09. The van der Waals surface area contributed by atoms with Crippen molar-refractivity contribution in [3.63, 3.8) is 0 Å². The first kappa shape index (κ1) is 23.9. The SMILES string of the molecule is O=C(COc1ccc([N+](=O)[O-])cc1)N/N=C/c1cc(Br)ccc1OC(=O)c1ccccc1Cl. The molecule has 0 spiro atoms. The van der Waals surface area contributed by atoms with E-state index in [9.17, 15) is 19.7 Å². The van der Waals surface area contributed by atoms with Crippen molar-refractivity contribution >= 4 is 51.3 Å². The van der Waals surface area contributed by atoms with Gasteiger partial charge < -0.3 is 9.47 Å². The maximum Gasteiger partial charge on any atom is 0.345 e. The number of ether oxygens (including phenoxy) is 2. The summed E-state index contributed by atoms with van der Waals surface area (Å²) in [6.07, 6.45) is 1.31. The number of nitro benzene ring substituents is 1. The van der Waals surface area contributed by atoms with Gasteiger partial charge in [-0.15, -0.1) is 0 Å². The molecular weight excluding hydrogens is 518 g/mol. The summed E-state index contributed by atoms with van der Waals surface area (Å²) in [5, 5.41) is 14.8. The van der Waals surface area contributed by atoms with Crippen molar-refractivity contribution in [1.29, 1.82) is 0 Å². The summed E-state index contributed by atoms with van der Waals surface area (Å²) in [6.45, 7) is -0.359. The molecule has 0 aliphatic carbocycles. The Morgan fingerprint density at radius 2 is 1.85 bits per heavy atom. The van der Waals surface area contributed by atoms with Crippen LogP contribution in [0.3, 0.4) is 0 Å². The number of nitrogens with zero attached hydrogens (tertiary/aromatic N) is 2. The Morgan fingerprint density at radius 3 is 2.55 bits per heavy atom. The van der Waals surface area contributed by atoms with Crippen molar-refractivity contribution in [2.75, 3.05) is 6.61 Å². The molecule has 1 amide bonds. The Labute approximate surface area is 201 Å². The fourth-order valence-electron chi connectivity index (χ4n) is 2.51. The number of nitrogens with one attached hydrogen (secondary N) is 1. The standard InChI is InChI=1S/C22H15BrClN3O6/c23-15-5-10-20(33-22(29)18-3-1-2-4-19(18)24)14(11-15)12-25-26-21(28)13-32-17-8-6-16(7-9-17)27(30)31/h1-12H,13H2,(H,26,28)/b25-12+. The average Bonchev–Trinajstić information content (AvgIpc) is 2.80. The fraction of sp³-hybridized carbons (Fsp3) is 0.0455. The van der Waals surface area contributed by atoms with Gasteiger partial charge in [-0.3, -0.25) is 14.9 Å². The van der Waals surface area contributed by atoms with Gasteiger partial charge in [-0.2, -0.15) is 5.10 Å². The van der Waals surface area contributed by atoms with Gasteiger partial charge in [0.05, 0.1) is 21.7 Å². The first-order valence-corrected chi connectivity index (χ1v) is 10.5. The topological polar surface area (TPSA) is 120 Å². The summed E-state index contributed by atoms with van der Waals surface area (Å²) in [4.78, 5) is 34.5. The van der Waals surface area contributed by atoms with Gasteiger partial charge in [0, 0.05) is 22.2 Å². The molecule has 0 heterocycles. The first-order chi connectivity index (χ1) is 15.8. The minimum atomic E-state index is -0.641. The minimum Gasteiger partial charge on any atom is -0.484 e. The number of nitro groups is 1. The van der Waals surface area contributed by atoms with E-state index in [2.05, 4.69) is 26.5 Å². The summed E-state index contributed by atoms with van der Waals surface area (Å²) < 4.78 is 11.4. The smallest absolute Gasteiger partial charge is 0.345 e. The molecule has 11 heteroatoms. The number of carbonyl (C=O) groups excluding carboxylic acids is 2. The lowest BCUT2D eigenvalue weighted by Crippen LogP contribution is -2.24. The van der Waals surface area contributed by atoms with Crippen LogP contribution in [-0.2, 0) is 4.79 Å². The van der Waals surface area contributed by atoms with E-state index in [1.165, 1.54) is 30.5 Å². The number of hydrazone groups is 1. The third-order valence-electron chi connectivity index (χ3n) is 4.08. The number of amides is 1. The first-order valence-electron chi connectivity index (χ1n) is 9.29. The number of halogens is 2. The number of non-ortho nitro benzene ring substituents is 1.